The van der Waals surface area contributed by atoms with Crippen molar-refractivity contribution in [1.82, 2.24) is 0 Å². The van der Waals surface area contributed by atoms with Gasteiger partial charge in [0.15, 0.2) is 11.5 Å². The Morgan fingerprint density at radius 3 is 2.70 bits per heavy atom. The molecule has 9 heteroatoms. The van der Waals surface area contributed by atoms with E-state index in [-0.39, 0.29) is 10.7 Å². The van der Waals surface area contributed by atoms with Crippen molar-refractivity contribution >= 4 is 35.6 Å². The molecular formula is C14H19ClNO5PS. The van der Waals surface area contributed by atoms with Crippen molar-refractivity contribution in [3.05, 3.63) is 26.8 Å². The summed E-state index contributed by atoms with van der Waals surface area (Å²) < 4.78 is 17.4. The van der Waals surface area contributed by atoms with Crippen LogP contribution in [0.1, 0.15) is 33.3 Å². The number of benzene rings is 1. The first kappa shape index (κ1) is 18.5. The minimum atomic E-state index is -2.53. The molecule has 23 heavy (non-hydrogen) atoms. The van der Waals surface area contributed by atoms with E-state index in [2.05, 4.69) is 0 Å². The van der Waals surface area contributed by atoms with Gasteiger partial charge in [-0.05, 0) is 32.6 Å². The number of nitro groups is 1. The minimum absolute atomic E-state index is 0.0131. The number of nitro benzene ring substituents is 1. The molecule has 0 fully saturated rings. The van der Waals surface area contributed by atoms with Gasteiger partial charge in [-0.2, -0.15) is 0 Å². The van der Waals surface area contributed by atoms with Gasteiger partial charge in [-0.15, -0.1) is 0 Å². The lowest BCUT2D eigenvalue weighted by atomic mass is 10.00. The van der Waals surface area contributed by atoms with Gasteiger partial charge < -0.3 is 13.8 Å². The van der Waals surface area contributed by atoms with Crippen LogP contribution in [0.5, 0.6) is 11.5 Å². The van der Waals surface area contributed by atoms with Crippen molar-refractivity contribution in [3.63, 3.8) is 0 Å². The SMILES string of the molecule is CCOP(=S)(CC)Oc1cc(Cl)c([N+](=O)[O-])c2c1OC(C)(C)C2. The fourth-order valence-corrected chi connectivity index (χ4v) is 4.49. The normalized spacial score (nSPS) is 18.0. The van der Waals surface area contributed by atoms with Gasteiger partial charge in [0.1, 0.15) is 10.6 Å². The Morgan fingerprint density at radius 2 is 2.17 bits per heavy atom. The maximum absolute atomic E-state index is 11.3. The highest BCUT2D eigenvalue weighted by Crippen LogP contribution is 2.56. The second-order valence-electron chi connectivity index (χ2n) is 5.74. The molecule has 0 radical (unpaired) electrons. The van der Waals surface area contributed by atoms with E-state index in [1.165, 1.54) is 6.07 Å². The fourth-order valence-electron chi connectivity index (χ4n) is 2.46. The van der Waals surface area contributed by atoms with Gasteiger partial charge in [0.25, 0.3) is 5.69 Å². The summed E-state index contributed by atoms with van der Waals surface area (Å²) in [5, 5.41) is 11.3. The van der Waals surface area contributed by atoms with Crippen LogP contribution in [0.3, 0.4) is 0 Å². The number of fused-ring (bicyclic) bond motifs is 1. The van der Waals surface area contributed by atoms with E-state index < -0.39 is 17.0 Å². The lowest BCUT2D eigenvalue weighted by Crippen LogP contribution is -2.24. The van der Waals surface area contributed by atoms with Crippen molar-refractivity contribution < 1.29 is 18.7 Å². The third kappa shape index (κ3) is 3.79. The van der Waals surface area contributed by atoms with E-state index in [1.54, 1.807) is 0 Å². The molecule has 1 aromatic carbocycles. The molecule has 0 aromatic heterocycles. The molecule has 1 heterocycles. The molecule has 0 bridgehead atoms. The summed E-state index contributed by atoms with van der Waals surface area (Å²) in [7, 11) is 0. The number of ether oxygens (including phenoxy) is 1. The smallest absolute Gasteiger partial charge is 0.295 e. The first-order valence-corrected chi connectivity index (χ1v) is 10.4. The fraction of sp³-hybridized carbons (Fsp3) is 0.571. The Kier molecular flexibility index (Phi) is 5.26. The maximum Gasteiger partial charge on any atom is 0.295 e. The lowest BCUT2D eigenvalue weighted by molar-refractivity contribution is -0.385. The molecule has 6 nitrogen and oxygen atoms in total. The van der Waals surface area contributed by atoms with E-state index in [0.29, 0.717) is 36.3 Å². The van der Waals surface area contributed by atoms with Gasteiger partial charge in [0.05, 0.1) is 17.1 Å². The predicted octanol–water partition coefficient (Wildman–Crippen LogP) is 4.71. The van der Waals surface area contributed by atoms with Crippen molar-refractivity contribution in [2.45, 2.75) is 39.7 Å². The van der Waals surface area contributed by atoms with E-state index in [9.17, 15) is 10.1 Å². The third-order valence-electron chi connectivity index (χ3n) is 3.38. The molecule has 0 aliphatic carbocycles. The summed E-state index contributed by atoms with van der Waals surface area (Å²) in [4.78, 5) is 10.8. The highest BCUT2D eigenvalue weighted by atomic mass is 35.5. The highest BCUT2D eigenvalue weighted by molar-refractivity contribution is 8.10. The zero-order valence-electron chi connectivity index (χ0n) is 13.4. The zero-order chi connectivity index (χ0) is 17.4. The van der Waals surface area contributed by atoms with E-state index >= 15 is 0 Å². The molecule has 128 valence electrons. The summed E-state index contributed by atoms with van der Waals surface area (Å²) in [5.74, 6) is 0.660. The van der Waals surface area contributed by atoms with Gasteiger partial charge in [0.2, 0.25) is 6.49 Å². The average molecular weight is 380 g/mol. The maximum atomic E-state index is 11.3. The Labute approximate surface area is 145 Å². The molecule has 1 aliphatic rings. The molecule has 0 saturated carbocycles. The predicted molar refractivity (Wildman–Crippen MR) is 93.6 cm³/mol. The first-order valence-electron chi connectivity index (χ1n) is 7.24. The standard InChI is InChI=1S/C14H19ClNO5PS/c1-5-19-22(23,6-2)21-11-7-10(15)12(16(17)18)9-8-14(3,4)20-13(9)11/h7H,5-6,8H2,1-4H3. The molecule has 1 atom stereocenters. The van der Waals surface area contributed by atoms with Gasteiger partial charge in [-0.3, -0.25) is 10.1 Å². The molecule has 0 N–H and O–H groups in total. The summed E-state index contributed by atoms with van der Waals surface area (Å²) >= 11 is 11.6. The Hall–Kier alpha value is -0.880. The summed E-state index contributed by atoms with van der Waals surface area (Å²) in [5.41, 5.74) is -0.270. The van der Waals surface area contributed by atoms with E-state index in [4.69, 9.17) is 37.2 Å². The lowest BCUT2D eigenvalue weighted by Gasteiger charge is -2.23. The number of hydrogen-bond donors (Lipinski definition) is 0. The average Bonchev–Trinajstić information content (AvgIpc) is 2.73. The van der Waals surface area contributed by atoms with Gasteiger partial charge in [0, 0.05) is 18.6 Å². The van der Waals surface area contributed by atoms with Gasteiger partial charge in [-0.1, -0.05) is 18.5 Å². The van der Waals surface area contributed by atoms with Gasteiger partial charge in [-0.25, -0.2) is 0 Å². The van der Waals surface area contributed by atoms with Crippen LogP contribution >= 0.6 is 18.1 Å². The summed E-state index contributed by atoms with van der Waals surface area (Å²) in [6.45, 7) is 5.33. The minimum Gasteiger partial charge on any atom is -0.483 e. The number of hydrogen-bond acceptors (Lipinski definition) is 6. The first-order chi connectivity index (χ1) is 10.6. The quantitative estimate of drug-likeness (QED) is 0.405. The monoisotopic (exact) mass is 379 g/mol. The molecule has 1 unspecified atom stereocenters. The number of nitrogens with zero attached hydrogens (tertiary/aromatic N) is 1. The summed E-state index contributed by atoms with van der Waals surface area (Å²) in [6.07, 6.45) is 0.905. The molecule has 0 spiro atoms. The van der Waals surface area contributed by atoms with Crippen LogP contribution < -0.4 is 9.26 Å². The summed E-state index contributed by atoms with van der Waals surface area (Å²) in [6, 6.07) is 1.40. The van der Waals surface area contributed by atoms with Gasteiger partial charge >= 0.3 is 0 Å². The molecule has 1 aromatic rings. The topological polar surface area (TPSA) is 70.8 Å². The largest absolute Gasteiger partial charge is 0.483 e. The van der Waals surface area contributed by atoms with Crippen LogP contribution in [0, 0.1) is 10.1 Å². The van der Waals surface area contributed by atoms with E-state index in [1.807, 2.05) is 27.7 Å². The van der Waals surface area contributed by atoms with Crippen LogP contribution in [-0.2, 0) is 22.8 Å². The van der Waals surface area contributed by atoms with Crippen molar-refractivity contribution in [2.24, 2.45) is 0 Å². The third-order valence-corrected chi connectivity index (χ3v) is 6.89. The Balaban J connectivity index is 2.56. The van der Waals surface area contributed by atoms with Crippen LogP contribution in [0.4, 0.5) is 5.69 Å². The Bertz CT molecular complexity index is 694. The highest BCUT2D eigenvalue weighted by Gasteiger charge is 2.40. The second kappa shape index (κ2) is 6.55. The van der Waals surface area contributed by atoms with Crippen LogP contribution in [0.15, 0.2) is 6.07 Å². The van der Waals surface area contributed by atoms with Crippen molar-refractivity contribution in [2.75, 3.05) is 12.8 Å². The zero-order valence-corrected chi connectivity index (χ0v) is 15.9. The van der Waals surface area contributed by atoms with Crippen molar-refractivity contribution in [1.29, 1.82) is 0 Å². The van der Waals surface area contributed by atoms with Crippen LogP contribution in [0.25, 0.3) is 0 Å². The molecule has 0 amide bonds. The van der Waals surface area contributed by atoms with Crippen molar-refractivity contribution in [3.8, 4) is 11.5 Å². The number of halogens is 1. The molecule has 1 aliphatic heterocycles. The Morgan fingerprint density at radius 1 is 1.52 bits per heavy atom. The molecule has 0 saturated heterocycles. The van der Waals surface area contributed by atoms with Crippen LogP contribution in [-0.4, -0.2) is 23.3 Å². The molecular weight excluding hydrogens is 361 g/mol. The number of rotatable bonds is 6. The van der Waals surface area contributed by atoms with E-state index in [0.717, 1.165) is 0 Å². The molecule has 2 rings (SSSR count). The second-order valence-corrected chi connectivity index (χ2v) is 10.1. The van der Waals surface area contributed by atoms with Crippen LogP contribution in [0.2, 0.25) is 5.02 Å².